The van der Waals surface area contributed by atoms with E-state index in [9.17, 15) is 14.4 Å². The Hall–Kier alpha value is -3.61. The molecule has 0 fully saturated rings. The van der Waals surface area contributed by atoms with Gasteiger partial charge >= 0.3 is 11.9 Å². The Bertz CT molecular complexity index is 1660. The number of nitrogens with zero attached hydrogens (tertiary/aromatic N) is 2. The average Bonchev–Trinajstić information content (AvgIpc) is 3.23. The van der Waals surface area contributed by atoms with Crippen LogP contribution in [0.5, 0.6) is 17.2 Å². The molecule has 2 aromatic carbocycles. The van der Waals surface area contributed by atoms with Gasteiger partial charge in [0.15, 0.2) is 28.7 Å². The van der Waals surface area contributed by atoms with Crippen molar-refractivity contribution in [3.63, 3.8) is 0 Å². The van der Waals surface area contributed by atoms with Gasteiger partial charge in [0.25, 0.3) is 5.56 Å². The van der Waals surface area contributed by atoms with Crippen molar-refractivity contribution in [2.24, 2.45) is 4.99 Å². The summed E-state index contributed by atoms with van der Waals surface area (Å²) in [5.74, 6) is -0.569. The minimum absolute atomic E-state index is 0.165. The van der Waals surface area contributed by atoms with Crippen molar-refractivity contribution in [3.8, 4) is 17.2 Å². The summed E-state index contributed by atoms with van der Waals surface area (Å²) in [4.78, 5) is 42.1. The largest absolute Gasteiger partial charge is 0.490 e. The van der Waals surface area contributed by atoms with Gasteiger partial charge in [0.1, 0.15) is 0 Å². The second-order valence-corrected chi connectivity index (χ2v) is 10.5. The zero-order chi connectivity index (χ0) is 29.0. The van der Waals surface area contributed by atoms with Gasteiger partial charge in [-0.05, 0) is 71.2 Å². The number of aromatic nitrogens is 1. The van der Waals surface area contributed by atoms with Crippen molar-refractivity contribution < 1.29 is 33.6 Å². The molecule has 0 spiro atoms. The van der Waals surface area contributed by atoms with E-state index in [4.69, 9.17) is 35.7 Å². The van der Waals surface area contributed by atoms with Crippen LogP contribution in [0.15, 0.2) is 56.4 Å². The molecule has 1 N–H and O–H groups in total. The number of fused-ring (bicyclic) bond motifs is 1. The monoisotopic (exact) mass is 650 g/mol. The van der Waals surface area contributed by atoms with Crippen molar-refractivity contribution in [1.29, 1.82) is 0 Å². The normalized spacial score (nSPS) is 14.6. The molecule has 4 rings (SSSR count). The van der Waals surface area contributed by atoms with E-state index < -0.39 is 24.6 Å². The van der Waals surface area contributed by atoms with Crippen LogP contribution in [0.25, 0.3) is 6.08 Å². The van der Waals surface area contributed by atoms with E-state index in [0.717, 1.165) is 11.3 Å². The summed E-state index contributed by atoms with van der Waals surface area (Å²) < 4.78 is 23.9. The molecule has 1 aliphatic rings. The molecule has 0 radical (unpaired) electrons. The van der Waals surface area contributed by atoms with E-state index in [2.05, 4.69) is 20.9 Å². The molecule has 1 atom stereocenters. The maximum atomic E-state index is 13.8. The zero-order valence-corrected chi connectivity index (χ0v) is 24.8. The lowest BCUT2D eigenvalue weighted by molar-refractivity contribution is -0.139. The highest BCUT2D eigenvalue weighted by Crippen LogP contribution is 2.36. The molecule has 13 heteroatoms. The van der Waals surface area contributed by atoms with Crippen molar-refractivity contribution in [2.45, 2.75) is 19.9 Å². The average molecular weight is 652 g/mol. The molecule has 0 saturated carbocycles. The number of carboxylic acids is 1. The number of hydrogen-bond acceptors (Lipinski definition) is 9. The number of ether oxygens (including phenoxy) is 4. The molecule has 0 unspecified atom stereocenters. The molecule has 0 amide bonds. The number of methoxy groups -OCH3 is 1. The second kappa shape index (κ2) is 12.7. The Balaban J connectivity index is 1.84. The fourth-order valence-electron chi connectivity index (χ4n) is 4.07. The molecule has 10 nitrogen and oxygen atoms in total. The summed E-state index contributed by atoms with van der Waals surface area (Å²) in [6.45, 7) is 3.98. The van der Waals surface area contributed by atoms with Gasteiger partial charge in [0, 0.05) is 6.20 Å². The fourth-order valence-corrected chi connectivity index (χ4v) is 6.03. The van der Waals surface area contributed by atoms with E-state index in [1.165, 1.54) is 17.9 Å². The van der Waals surface area contributed by atoms with Crippen LogP contribution in [0.3, 0.4) is 0 Å². The van der Waals surface area contributed by atoms with Crippen LogP contribution >= 0.6 is 38.9 Å². The van der Waals surface area contributed by atoms with E-state index in [1.54, 1.807) is 36.4 Å². The highest BCUT2D eigenvalue weighted by Gasteiger charge is 2.31. The van der Waals surface area contributed by atoms with Crippen LogP contribution in [0.2, 0.25) is 5.02 Å². The number of carbonyl (C=O) groups excluding carboxylic acids is 1. The number of carboxylic acid groups (broad SMARTS) is 1. The maximum Gasteiger partial charge on any atom is 0.341 e. The maximum absolute atomic E-state index is 13.8. The molecule has 0 saturated heterocycles. The first-order chi connectivity index (χ1) is 19.2. The Morgan fingerprint density at radius 1 is 1.15 bits per heavy atom. The highest BCUT2D eigenvalue weighted by atomic mass is 79.9. The first-order valence-electron chi connectivity index (χ1n) is 12.0. The molecule has 0 bridgehead atoms. The van der Waals surface area contributed by atoms with Crippen molar-refractivity contribution >= 4 is 56.9 Å². The van der Waals surface area contributed by atoms with Gasteiger partial charge in [-0.1, -0.05) is 29.0 Å². The van der Waals surface area contributed by atoms with Crippen molar-refractivity contribution in [1.82, 2.24) is 4.57 Å². The fraction of sp³-hybridized carbons (Fsp3) is 0.259. The molecule has 2 heterocycles. The number of esters is 1. The van der Waals surface area contributed by atoms with Crippen LogP contribution in [0.4, 0.5) is 0 Å². The Kier molecular flexibility index (Phi) is 9.33. The smallest absolute Gasteiger partial charge is 0.341 e. The molecule has 40 heavy (non-hydrogen) atoms. The summed E-state index contributed by atoms with van der Waals surface area (Å²) in [5.41, 5.74) is 0.970. The summed E-state index contributed by atoms with van der Waals surface area (Å²) in [7, 11) is 1.26. The van der Waals surface area contributed by atoms with Gasteiger partial charge < -0.3 is 24.1 Å². The van der Waals surface area contributed by atoms with Crippen LogP contribution < -0.4 is 29.1 Å². The number of halogens is 2. The van der Waals surface area contributed by atoms with Crippen LogP contribution in [0.1, 0.15) is 31.0 Å². The minimum atomic E-state index is -1.14. The molecule has 0 aliphatic carbocycles. The van der Waals surface area contributed by atoms with Gasteiger partial charge in [-0.3, -0.25) is 9.36 Å². The molecule has 1 aromatic heterocycles. The summed E-state index contributed by atoms with van der Waals surface area (Å²) in [5, 5.41) is 9.05. The van der Waals surface area contributed by atoms with E-state index in [1.807, 2.05) is 13.8 Å². The van der Waals surface area contributed by atoms with Crippen LogP contribution in [0, 0.1) is 0 Å². The lowest BCUT2D eigenvalue weighted by Crippen LogP contribution is -2.39. The number of rotatable bonds is 10. The lowest BCUT2D eigenvalue weighted by atomic mass is 9.97. The van der Waals surface area contributed by atoms with Gasteiger partial charge in [-0.25, -0.2) is 14.6 Å². The number of carbonyl (C=O) groups is 2. The molecular formula is C27H24BrClN2O8S. The summed E-state index contributed by atoms with van der Waals surface area (Å²) in [6, 6.07) is 7.62. The topological polar surface area (TPSA) is 126 Å². The molecule has 210 valence electrons. The molecular weight excluding hydrogens is 628 g/mol. The van der Waals surface area contributed by atoms with Gasteiger partial charge in [-0.2, -0.15) is 0 Å². The third kappa shape index (κ3) is 6.08. The van der Waals surface area contributed by atoms with Crippen molar-refractivity contribution in [3.05, 3.63) is 82.4 Å². The standard InChI is InChI=1S/C27H24BrClN2O8S/c1-4-37-19-7-6-15(11-20(19)38-5-2)23-16(26(35)36-3)12-30-27-31(23)25(34)21(40-27)10-14-8-17(28)24(18(29)9-14)39-13-22(32)33/h6-12,23H,4-5,13H2,1-3H3,(H,32,33)/b21-10-/t23-/m1/s1. The number of benzene rings is 2. The Labute approximate surface area is 245 Å². The number of hydrogen-bond donors (Lipinski definition) is 1. The minimum Gasteiger partial charge on any atom is -0.490 e. The third-order valence-electron chi connectivity index (χ3n) is 5.67. The van der Waals surface area contributed by atoms with Crippen molar-refractivity contribution in [2.75, 3.05) is 26.9 Å². The first kappa shape index (κ1) is 29.4. The van der Waals surface area contributed by atoms with E-state index >= 15 is 0 Å². The number of aliphatic carboxylic acids is 1. The SMILES string of the molecule is CCOc1ccc([C@@H]2C(C(=O)OC)=CN=c3s/c(=C\c4cc(Cl)c(OCC(=O)O)c(Br)c4)c(=O)n32)cc1OCC. The predicted molar refractivity (Wildman–Crippen MR) is 152 cm³/mol. The highest BCUT2D eigenvalue weighted by molar-refractivity contribution is 9.10. The first-order valence-corrected chi connectivity index (χ1v) is 14.0. The van der Waals surface area contributed by atoms with E-state index in [0.29, 0.717) is 49.6 Å². The molecule has 1 aliphatic heterocycles. The Morgan fingerprint density at radius 2 is 1.88 bits per heavy atom. The number of thiazole rings is 1. The van der Waals surface area contributed by atoms with Crippen LogP contribution in [-0.4, -0.2) is 48.5 Å². The summed E-state index contributed by atoms with van der Waals surface area (Å²) >= 11 is 10.8. The second-order valence-electron chi connectivity index (χ2n) is 8.24. The quantitative estimate of drug-likeness (QED) is 0.329. The van der Waals surface area contributed by atoms with E-state index in [-0.39, 0.29) is 21.9 Å². The predicted octanol–water partition coefficient (Wildman–Crippen LogP) is 3.69. The Morgan fingerprint density at radius 3 is 2.52 bits per heavy atom. The van der Waals surface area contributed by atoms with Crippen LogP contribution in [-0.2, 0) is 14.3 Å². The summed E-state index contributed by atoms with van der Waals surface area (Å²) in [6.07, 6.45) is 3.04. The van der Waals surface area contributed by atoms with Gasteiger partial charge in [0.2, 0.25) is 0 Å². The third-order valence-corrected chi connectivity index (χ3v) is 7.53. The van der Waals surface area contributed by atoms with Gasteiger partial charge in [-0.15, -0.1) is 0 Å². The zero-order valence-electron chi connectivity index (χ0n) is 21.6. The van der Waals surface area contributed by atoms with Gasteiger partial charge in [0.05, 0.1) is 46.0 Å². The molecule has 3 aromatic rings. The lowest BCUT2D eigenvalue weighted by Gasteiger charge is -2.23.